The number of pyridine rings is 2. The molecule has 0 atom stereocenters. The van der Waals surface area contributed by atoms with Crippen LogP contribution in [0.1, 0.15) is 23.0 Å². The van der Waals surface area contributed by atoms with Gasteiger partial charge in [0.25, 0.3) is 5.91 Å². The second-order valence-electron chi connectivity index (χ2n) is 5.12. The molecule has 140 valence electrons. The molecule has 2 heterocycles. The van der Waals surface area contributed by atoms with Gasteiger partial charge in [0.2, 0.25) is 0 Å². The molecule has 0 aliphatic carbocycles. The van der Waals surface area contributed by atoms with Gasteiger partial charge in [-0.05, 0) is 30.0 Å². The average molecular weight is 391 g/mol. The molecule has 0 aromatic carbocycles. The lowest BCUT2D eigenvalue weighted by Crippen LogP contribution is -2.34. The molecule has 0 saturated carbocycles. The van der Waals surface area contributed by atoms with E-state index in [4.69, 9.17) is 0 Å². The molecule has 0 aliphatic heterocycles. The summed E-state index contributed by atoms with van der Waals surface area (Å²) < 4.78 is 63.8. The van der Waals surface area contributed by atoms with Crippen molar-refractivity contribution in [2.24, 2.45) is 0 Å². The number of carbonyl (C=O) groups is 1. The second kappa shape index (κ2) is 7.56. The Morgan fingerprint density at radius 1 is 1.15 bits per heavy atom. The lowest BCUT2D eigenvalue weighted by molar-refractivity contribution is -0.289. The van der Waals surface area contributed by atoms with E-state index in [1.165, 1.54) is 25.0 Å². The number of amides is 1. The highest BCUT2D eigenvalue weighted by atomic mass is 32.2. The minimum Gasteiger partial charge on any atom is -0.294 e. The van der Waals surface area contributed by atoms with Crippen LogP contribution in [0.25, 0.3) is 0 Å². The van der Waals surface area contributed by atoms with Crippen molar-refractivity contribution in [2.45, 2.75) is 23.9 Å². The predicted molar refractivity (Wildman–Crippen MR) is 87.6 cm³/mol. The second-order valence-corrected chi connectivity index (χ2v) is 6.43. The SMILES string of the molecule is CCSc1cccnc1C(=O)N(C)c1ccc(C(F)(F)C(F)(F)F)cn1. The highest BCUT2D eigenvalue weighted by Crippen LogP contribution is 2.43. The minimum atomic E-state index is -5.72. The molecule has 0 bridgehead atoms. The summed E-state index contributed by atoms with van der Waals surface area (Å²) in [6.45, 7) is 1.90. The van der Waals surface area contributed by atoms with Crippen LogP contribution in [0.15, 0.2) is 41.6 Å². The van der Waals surface area contributed by atoms with Crippen LogP contribution in [-0.4, -0.2) is 34.9 Å². The van der Waals surface area contributed by atoms with Gasteiger partial charge in [-0.15, -0.1) is 11.8 Å². The number of hydrogen-bond acceptors (Lipinski definition) is 4. The van der Waals surface area contributed by atoms with E-state index in [0.29, 0.717) is 22.9 Å². The zero-order valence-corrected chi connectivity index (χ0v) is 14.5. The van der Waals surface area contributed by atoms with Gasteiger partial charge >= 0.3 is 12.1 Å². The first-order chi connectivity index (χ1) is 12.1. The topological polar surface area (TPSA) is 46.1 Å². The van der Waals surface area contributed by atoms with Crippen LogP contribution >= 0.6 is 11.8 Å². The summed E-state index contributed by atoms with van der Waals surface area (Å²) in [5.41, 5.74) is -1.15. The molecule has 4 nitrogen and oxygen atoms in total. The average Bonchev–Trinajstić information content (AvgIpc) is 2.60. The Bertz CT molecular complexity index is 780. The molecule has 26 heavy (non-hydrogen) atoms. The smallest absolute Gasteiger partial charge is 0.294 e. The molecule has 0 aliphatic rings. The number of carbonyl (C=O) groups excluding carboxylic acids is 1. The number of rotatable bonds is 5. The van der Waals surface area contributed by atoms with Gasteiger partial charge in [0.1, 0.15) is 11.5 Å². The van der Waals surface area contributed by atoms with E-state index in [9.17, 15) is 26.7 Å². The molecule has 1 amide bonds. The number of alkyl halides is 5. The van der Waals surface area contributed by atoms with Crippen LogP contribution in [0, 0.1) is 0 Å². The van der Waals surface area contributed by atoms with Crippen molar-refractivity contribution in [3.05, 3.63) is 47.9 Å². The zero-order chi connectivity index (χ0) is 19.5. The van der Waals surface area contributed by atoms with E-state index in [-0.39, 0.29) is 11.5 Å². The Kier molecular flexibility index (Phi) is 5.84. The maximum atomic E-state index is 13.3. The third-order valence-corrected chi connectivity index (χ3v) is 4.32. The molecular formula is C16H14F5N3OS. The van der Waals surface area contributed by atoms with Gasteiger partial charge < -0.3 is 0 Å². The molecule has 2 rings (SSSR count). The molecule has 2 aromatic heterocycles. The van der Waals surface area contributed by atoms with Crippen molar-refractivity contribution in [1.82, 2.24) is 9.97 Å². The van der Waals surface area contributed by atoms with E-state index in [0.717, 1.165) is 11.0 Å². The number of thioether (sulfide) groups is 1. The number of anilines is 1. The van der Waals surface area contributed by atoms with Gasteiger partial charge in [-0.1, -0.05) is 6.92 Å². The zero-order valence-electron chi connectivity index (χ0n) is 13.7. The van der Waals surface area contributed by atoms with Gasteiger partial charge in [0.05, 0.1) is 0 Å². The molecule has 0 N–H and O–H groups in total. The lowest BCUT2D eigenvalue weighted by Gasteiger charge is -2.21. The normalized spacial score (nSPS) is 12.1. The molecule has 0 radical (unpaired) electrons. The molecule has 0 unspecified atom stereocenters. The lowest BCUT2D eigenvalue weighted by atomic mass is 10.1. The number of halogens is 5. The summed E-state index contributed by atoms with van der Waals surface area (Å²) in [4.78, 5) is 21.8. The Hall–Kier alpha value is -2.23. The number of hydrogen-bond donors (Lipinski definition) is 0. The monoisotopic (exact) mass is 391 g/mol. The van der Waals surface area contributed by atoms with Gasteiger partial charge in [-0.3, -0.25) is 9.69 Å². The Morgan fingerprint density at radius 3 is 2.38 bits per heavy atom. The first-order valence-corrected chi connectivity index (χ1v) is 8.35. The third kappa shape index (κ3) is 3.95. The van der Waals surface area contributed by atoms with Crippen LogP contribution in [0.4, 0.5) is 27.8 Å². The first-order valence-electron chi connectivity index (χ1n) is 7.36. The summed E-state index contributed by atoms with van der Waals surface area (Å²) in [6.07, 6.45) is -3.88. The van der Waals surface area contributed by atoms with Gasteiger partial charge in [0, 0.05) is 29.9 Å². The summed E-state index contributed by atoms with van der Waals surface area (Å²) in [7, 11) is 1.33. The standard InChI is InChI=1S/C16H14F5N3OS/c1-3-26-11-5-4-8-22-13(11)14(25)24(2)12-7-6-10(9-23-12)15(17,18)16(19,20)21/h4-9H,3H2,1-2H3. The summed E-state index contributed by atoms with van der Waals surface area (Å²) in [5.74, 6) is -4.94. The third-order valence-electron chi connectivity index (χ3n) is 3.39. The molecular weight excluding hydrogens is 377 g/mol. The number of aromatic nitrogens is 2. The molecule has 0 fully saturated rings. The maximum absolute atomic E-state index is 13.3. The highest BCUT2D eigenvalue weighted by Gasteiger charge is 2.58. The van der Waals surface area contributed by atoms with Crippen molar-refractivity contribution in [3.8, 4) is 0 Å². The maximum Gasteiger partial charge on any atom is 0.458 e. The molecule has 2 aromatic rings. The fourth-order valence-electron chi connectivity index (χ4n) is 2.02. The van der Waals surface area contributed by atoms with E-state index < -0.39 is 23.6 Å². The summed E-state index contributed by atoms with van der Waals surface area (Å²) in [5, 5.41) is 0. The van der Waals surface area contributed by atoms with Gasteiger partial charge in [-0.25, -0.2) is 9.97 Å². The van der Waals surface area contributed by atoms with Gasteiger partial charge in [0.15, 0.2) is 0 Å². The fraction of sp³-hybridized carbons (Fsp3) is 0.312. The molecule has 0 spiro atoms. The van der Waals surface area contributed by atoms with Crippen molar-refractivity contribution < 1.29 is 26.7 Å². The first kappa shape index (κ1) is 20.1. The Labute approximate surface area is 150 Å². The molecule has 0 saturated heterocycles. The predicted octanol–water partition coefficient (Wildman–Crippen LogP) is 4.52. The van der Waals surface area contributed by atoms with E-state index >= 15 is 0 Å². The van der Waals surface area contributed by atoms with Crippen molar-refractivity contribution in [1.29, 1.82) is 0 Å². The van der Waals surface area contributed by atoms with E-state index in [2.05, 4.69) is 9.97 Å². The quantitative estimate of drug-likeness (QED) is 0.555. The minimum absolute atomic E-state index is 0.0742. The molecule has 10 heteroatoms. The van der Waals surface area contributed by atoms with Crippen LogP contribution in [0.5, 0.6) is 0 Å². The summed E-state index contributed by atoms with van der Waals surface area (Å²) in [6, 6.07) is 4.91. The Balaban J connectivity index is 2.28. The van der Waals surface area contributed by atoms with Crippen LogP contribution in [0.3, 0.4) is 0 Å². The van der Waals surface area contributed by atoms with Crippen molar-refractivity contribution in [2.75, 3.05) is 17.7 Å². The van der Waals surface area contributed by atoms with Crippen LogP contribution in [-0.2, 0) is 5.92 Å². The summed E-state index contributed by atoms with van der Waals surface area (Å²) >= 11 is 1.40. The van der Waals surface area contributed by atoms with E-state index in [1.54, 1.807) is 12.1 Å². The Morgan fingerprint density at radius 2 is 1.85 bits per heavy atom. The van der Waals surface area contributed by atoms with Crippen molar-refractivity contribution >= 4 is 23.5 Å². The van der Waals surface area contributed by atoms with Gasteiger partial charge in [-0.2, -0.15) is 22.0 Å². The van der Waals surface area contributed by atoms with Crippen LogP contribution < -0.4 is 4.90 Å². The highest BCUT2D eigenvalue weighted by molar-refractivity contribution is 7.99. The van der Waals surface area contributed by atoms with Crippen LogP contribution in [0.2, 0.25) is 0 Å². The van der Waals surface area contributed by atoms with Crippen molar-refractivity contribution in [3.63, 3.8) is 0 Å². The number of nitrogens with zero attached hydrogens (tertiary/aromatic N) is 3. The largest absolute Gasteiger partial charge is 0.458 e. The fourth-order valence-corrected chi connectivity index (χ4v) is 2.78. The van der Waals surface area contributed by atoms with E-state index in [1.807, 2.05) is 6.92 Å².